The van der Waals surface area contributed by atoms with Crippen molar-refractivity contribution in [2.45, 2.75) is 19.5 Å². The number of aryl methyl sites for hydroxylation is 1. The van der Waals surface area contributed by atoms with Crippen LogP contribution >= 0.6 is 0 Å². The molecule has 1 amide bonds. The van der Waals surface area contributed by atoms with Gasteiger partial charge in [0.1, 0.15) is 6.54 Å². The van der Waals surface area contributed by atoms with E-state index < -0.39 is 17.9 Å². The van der Waals surface area contributed by atoms with Crippen molar-refractivity contribution in [2.75, 3.05) is 19.8 Å². The van der Waals surface area contributed by atoms with Gasteiger partial charge in [-0.15, -0.1) is 0 Å². The fraction of sp³-hybridized carbons (Fsp3) is 0.375. The summed E-state index contributed by atoms with van der Waals surface area (Å²) in [5.74, 6) is -1.57. The predicted molar refractivity (Wildman–Crippen MR) is 84.7 cm³/mol. The molecule has 8 heteroatoms. The number of morpholine rings is 1. The molecule has 1 saturated heterocycles. The molecule has 1 atom stereocenters. The fourth-order valence-electron chi connectivity index (χ4n) is 2.79. The Bertz CT molecular complexity index is 860. The molecule has 0 spiro atoms. The molecule has 1 aromatic heterocycles. The normalized spacial score (nSPS) is 17.9. The van der Waals surface area contributed by atoms with E-state index in [2.05, 4.69) is 4.98 Å². The number of carbonyl (C=O) groups excluding carboxylic acids is 1. The monoisotopic (exact) mass is 331 g/mol. The molecule has 1 N–H and O–H groups in total. The van der Waals surface area contributed by atoms with Gasteiger partial charge in [0.15, 0.2) is 6.04 Å². The molecule has 3 rings (SSSR count). The largest absolute Gasteiger partial charge is 0.480 e. The Labute approximate surface area is 137 Å². The molecule has 1 aliphatic heterocycles. The van der Waals surface area contributed by atoms with E-state index in [0.29, 0.717) is 10.9 Å². The minimum atomic E-state index is -1.12. The summed E-state index contributed by atoms with van der Waals surface area (Å²) in [4.78, 5) is 41.7. The molecule has 1 aromatic carbocycles. The summed E-state index contributed by atoms with van der Waals surface area (Å²) in [7, 11) is 0. The van der Waals surface area contributed by atoms with Gasteiger partial charge in [0.2, 0.25) is 5.91 Å². The van der Waals surface area contributed by atoms with Crippen LogP contribution in [0, 0.1) is 6.92 Å². The van der Waals surface area contributed by atoms with E-state index in [4.69, 9.17) is 4.74 Å². The molecular weight excluding hydrogens is 314 g/mol. The van der Waals surface area contributed by atoms with Crippen molar-refractivity contribution < 1.29 is 19.4 Å². The van der Waals surface area contributed by atoms with E-state index in [1.54, 1.807) is 12.1 Å². The molecule has 8 nitrogen and oxygen atoms in total. The zero-order chi connectivity index (χ0) is 17.3. The zero-order valence-corrected chi connectivity index (χ0v) is 13.1. The second kappa shape index (κ2) is 6.40. The minimum absolute atomic E-state index is 0.0505. The summed E-state index contributed by atoms with van der Waals surface area (Å²) in [6, 6.07) is 4.25. The second-order valence-corrected chi connectivity index (χ2v) is 5.66. The molecule has 0 radical (unpaired) electrons. The van der Waals surface area contributed by atoms with Crippen molar-refractivity contribution in [3.05, 3.63) is 40.4 Å². The Morgan fingerprint density at radius 3 is 2.96 bits per heavy atom. The lowest BCUT2D eigenvalue weighted by atomic mass is 10.1. The topological polar surface area (TPSA) is 102 Å². The molecule has 2 heterocycles. The van der Waals surface area contributed by atoms with Crippen LogP contribution in [0.3, 0.4) is 0 Å². The number of carbonyl (C=O) groups is 2. The van der Waals surface area contributed by atoms with Crippen LogP contribution in [-0.4, -0.2) is 57.2 Å². The van der Waals surface area contributed by atoms with Gasteiger partial charge >= 0.3 is 5.97 Å². The number of rotatable bonds is 3. The molecule has 24 heavy (non-hydrogen) atoms. The van der Waals surface area contributed by atoms with Gasteiger partial charge in [-0.05, 0) is 18.6 Å². The lowest BCUT2D eigenvalue weighted by Crippen LogP contribution is -2.53. The molecule has 0 unspecified atom stereocenters. The molecule has 1 fully saturated rings. The van der Waals surface area contributed by atoms with Gasteiger partial charge in [0.25, 0.3) is 5.56 Å². The summed E-state index contributed by atoms with van der Waals surface area (Å²) in [6.45, 7) is 2.02. The van der Waals surface area contributed by atoms with E-state index in [9.17, 15) is 19.5 Å². The molecule has 1 aliphatic rings. The Morgan fingerprint density at radius 2 is 2.21 bits per heavy atom. The van der Waals surface area contributed by atoms with Crippen LogP contribution in [0.25, 0.3) is 10.9 Å². The minimum Gasteiger partial charge on any atom is -0.480 e. The van der Waals surface area contributed by atoms with Crippen LogP contribution in [0.1, 0.15) is 5.56 Å². The third-order valence-electron chi connectivity index (χ3n) is 4.09. The maximum atomic E-state index is 12.5. The summed E-state index contributed by atoms with van der Waals surface area (Å²) >= 11 is 0. The number of hydrogen-bond acceptors (Lipinski definition) is 5. The van der Waals surface area contributed by atoms with Crippen molar-refractivity contribution in [1.29, 1.82) is 0 Å². The van der Waals surface area contributed by atoms with Gasteiger partial charge in [-0.3, -0.25) is 14.2 Å². The number of hydrogen-bond donors (Lipinski definition) is 1. The van der Waals surface area contributed by atoms with Gasteiger partial charge in [-0.1, -0.05) is 12.1 Å². The number of carboxylic acids is 1. The lowest BCUT2D eigenvalue weighted by Gasteiger charge is -2.32. The van der Waals surface area contributed by atoms with Crippen LogP contribution in [-0.2, 0) is 20.9 Å². The van der Waals surface area contributed by atoms with E-state index in [0.717, 1.165) is 5.56 Å². The average Bonchev–Trinajstić information content (AvgIpc) is 2.58. The smallest absolute Gasteiger partial charge is 0.328 e. The maximum Gasteiger partial charge on any atom is 0.328 e. The first kappa shape index (κ1) is 16.1. The van der Waals surface area contributed by atoms with E-state index in [1.165, 1.54) is 15.8 Å². The molecule has 0 saturated carbocycles. The third kappa shape index (κ3) is 2.88. The van der Waals surface area contributed by atoms with E-state index in [1.807, 2.05) is 13.0 Å². The summed E-state index contributed by atoms with van der Waals surface area (Å²) < 4.78 is 6.32. The highest BCUT2D eigenvalue weighted by Gasteiger charge is 2.32. The predicted octanol–water partition coefficient (Wildman–Crippen LogP) is 0.0169. The van der Waals surface area contributed by atoms with Crippen LogP contribution in [0.2, 0.25) is 0 Å². The van der Waals surface area contributed by atoms with Crippen molar-refractivity contribution in [1.82, 2.24) is 14.5 Å². The number of para-hydroxylation sites is 1. The van der Waals surface area contributed by atoms with Crippen molar-refractivity contribution in [2.24, 2.45) is 0 Å². The average molecular weight is 331 g/mol. The van der Waals surface area contributed by atoms with Gasteiger partial charge < -0.3 is 14.7 Å². The first-order valence-electron chi connectivity index (χ1n) is 7.54. The first-order valence-corrected chi connectivity index (χ1v) is 7.54. The number of fused-ring (bicyclic) bond motifs is 1. The number of aliphatic carboxylic acids is 1. The van der Waals surface area contributed by atoms with Gasteiger partial charge in [0.05, 0.1) is 30.4 Å². The fourth-order valence-corrected chi connectivity index (χ4v) is 2.79. The number of aromatic nitrogens is 2. The molecular formula is C16H17N3O5. The second-order valence-electron chi connectivity index (χ2n) is 5.66. The Kier molecular flexibility index (Phi) is 4.30. The molecule has 0 aliphatic carbocycles. The van der Waals surface area contributed by atoms with Crippen LogP contribution in [0.4, 0.5) is 0 Å². The Balaban J connectivity index is 1.89. The molecule has 2 aromatic rings. The SMILES string of the molecule is Cc1cccc2c(=O)n(CC(=O)N3CCOC[C@@H]3C(=O)O)cnc12. The highest BCUT2D eigenvalue weighted by Crippen LogP contribution is 2.12. The number of benzene rings is 1. The standard InChI is InChI=1S/C16H17N3O5/c1-10-3-2-4-11-14(10)17-9-18(15(11)21)7-13(20)19-5-6-24-8-12(19)16(22)23/h2-4,9,12H,5-8H2,1H3,(H,22,23)/t12-/m1/s1. The van der Waals surface area contributed by atoms with Crippen molar-refractivity contribution in [3.63, 3.8) is 0 Å². The molecule has 0 bridgehead atoms. The third-order valence-corrected chi connectivity index (χ3v) is 4.09. The Morgan fingerprint density at radius 1 is 1.42 bits per heavy atom. The van der Waals surface area contributed by atoms with Crippen molar-refractivity contribution in [3.8, 4) is 0 Å². The van der Waals surface area contributed by atoms with Crippen LogP contribution < -0.4 is 5.56 Å². The highest BCUT2D eigenvalue weighted by atomic mass is 16.5. The number of amides is 1. The van der Waals surface area contributed by atoms with Gasteiger partial charge in [-0.2, -0.15) is 0 Å². The first-order chi connectivity index (χ1) is 11.5. The van der Waals surface area contributed by atoms with Crippen molar-refractivity contribution >= 4 is 22.8 Å². The molecule has 126 valence electrons. The summed E-state index contributed by atoms with van der Waals surface area (Å²) in [6.07, 6.45) is 1.33. The van der Waals surface area contributed by atoms with Gasteiger partial charge in [0, 0.05) is 6.54 Å². The number of carboxylic acid groups (broad SMARTS) is 1. The Hall–Kier alpha value is -2.74. The summed E-state index contributed by atoms with van der Waals surface area (Å²) in [5.41, 5.74) is 1.15. The lowest BCUT2D eigenvalue weighted by molar-refractivity contribution is -0.158. The maximum absolute atomic E-state index is 12.5. The zero-order valence-electron chi connectivity index (χ0n) is 13.1. The number of ether oxygens (including phenoxy) is 1. The quantitative estimate of drug-likeness (QED) is 0.850. The van der Waals surface area contributed by atoms with Crippen LogP contribution in [0.15, 0.2) is 29.3 Å². The number of nitrogens with zero attached hydrogens (tertiary/aromatic N) is 3. The highest BCUT2D eigenvalue weighted by molar-refractivity contribution is 5.84. The van der Waals surface area contributed by atoms with Gasteiger partial charge in [-0.25, -0.2) is 9.78 Å². The summed E-state index contributed by atoms with van der Waals surface area (Å²) in [5, 5.41) is 9.63. The van der Waals surface area contributed by atoms with Crippen LogP contribution in [0.5, 0.6) is 0 Å². The van der Waals surface area contributed by atoms with E-state index >= 15 is 0 Å². The van der Waals surface area contributed by atoms with E-state index in [-0.39, 0.29) is 31.9 Å².